The minimum atomic E-state index is -3.71. The van der Waals surface area contributed by atoms with E-state index in [1.807, 2.05) is 17.5 Å². The molecule has 1 aromatic carbocycles. The lowest BCUT2D eigenvalue weighted by atomic mass is 9.96. The van der Waals surface area contributed by atoms with Gasteiger partial charge in [0.05, 0.1) is 34.7 Å². The second-order valence-corrected chi connectivity index (χ2v) is 11.0. The molecular formula is C21H25ClN2O4S2. The van der Waals surface area contributed by atoms with Crippen LogP contribution in [0.25, 0.3) is 0 Å². The molecule has 30 heavy (non-hydrogen) atoms. The Hall–Kier alpha value is -1.45. The summed E-state index contributed by atoms with van der Waals surface area (Å²) < 4.78 is 32.6. The van der Waals surface area contributed by atoms with E-state index in [-0.39, 0.29) is 27.4 Å². The van der Waals surface area contributed by atoms with Crippen LogP contribution in [0.15, 0.2) is 40.6 Å². The lowest BCUT2D eigenvalue weighted by Gasteiger charge is -2.26. The SMILES string of the molecule is O=C(NC(c1cccs1)C1CCCC1)c1cc(S(=O)(=O)N2CCOCC2)ccc1Cl. The molecule has 1 atom stereocenters. The number of benzene rings is 1. The van der Waals surface area contributed by atoms with Crippen molar-refractivity contribution < 1.29 is 17.9 Å². The molecule has 1 aromatic heterocycles. The zero-order valence-electron chi connectivity index (χ0n) is 16.6. The fraction of sp³-hybridized carbons (Fsp3) is 0.476. The van der Waals surface area contributed by atoms with Gasteiger partial charge >= 0.3 is 0 Å². The van der Waals surface area contributed by atoms with Crippen LogP contribution >= 0.6 is 22.9 Å². The van der Waals surface area contributed by atoms with E-state index in [2.05, 4.69) is 5.32 Å². The lowest BCUT2D eigenvalue weighted by Crippen LogP contribution is -2.40. The van der Waals surface area contributed by atoms with E-state index in [1.165, 1.54) is 22.5 Å². The summed E-state index contributed by atoms with van der Waals surface area (Å²) in [7, 11) is -3.71. The van der Waals surface area contributed by atoms with Gasteiger partial charge < -0.3 is 10.1 Å². The summed E-state index contributed by atoms with van der Waals surface area (Å²) in [6.45, 7) is 1.33. The predicted molar refractivity (Wildman–Crippen MR) is 118 cm³/mol. The van der Waals surface area contributed by atoms with E-state index in [4.69, 9.17) is 16.3 Å². The van der Waals surface area contributed by atoms with E-state index < -0.39 is 10.0 Å². The number of sulfonamides is 1. The summed E-state index contributed by atoms with van der Waals surface area (Å²) in [5.74, 6) is 0.0379. The molecule has 162 valence electrons. The quantitative estimate of drug-likeness (QED) is 0.693. The van der Waals surface area contributed by atoms with E-state index >= 15 is 0 Å². The molecule has 1 aliphatic heterocycles. The number of hydrogen-bond donors (Lipinski definition) is 1. The number of rotatable bonds is 6. The molecule has 1 unspecified atom stereocenters. The Morgan fingerprint density at radius 3 is 2.60 bits per heavy atom. The van der Waals surface area contributed by atoms with Crippen molar-refractivity contribution in [1.29, 1.82) is 0 Å². The number of ether oxygens (including phenoxy) is 1. The van der Waals surface area contributed by atoms with Gasteiger partial charge in [-0.3, -0.25) is 4.79 Å². The highest BCUT2D eigenvalue weighted by Gasteiger charge is 2.31. The van der Waals surface area contributed by atoms with Crippen molar-refractivity contribution in [3.8, 4) is 0 Å². The van der Waals surface area contributed by atoms with Gasteiger partial charge in [-0.25, -0.2) is 8.42 Å². The third kappa shape index (κ3) is 4.57. The smallest absolute Gasteiger partial charge is 0.253 e. The molecule has 2 aromatic rings. The molecule has 2 heterocycles. The molecule has 9 heteroatoms. The molecule has 1 saturated carbocycles. The molecule has 4 rings (SSSR count). The van der Waals surface area contributed by atoms with Crippen LogP contribution in [-0.2, 0) is 14.8 Å². The highest BCUT2D eigenvalue weighted by Crippen LogP contribution is 2.37. The Morgan fingerprint density at radius 2 is 1.93 bits per heavy atom. The zero-order valence-corrected chi connectivity index (χ0v) is 18.9. The third-order valence-electron chi connectivity index (χ3n) is 5.80. The number of morpholine rings is 1. The van der Waals surface area contributed by atoms with Gasteiger partial charge in [-0.05, 0) is 48.4 Å². The maximum atomic E-state index is 13.2. The molecule has 0 bridgehead atoms. The molecule has 6 nitrogen and oxygen atoms in total. The summed E-state index contributed by atoms with van der Waals surface area (Å²) in [5.41, 5.74) is 0.186. The molecule has 2 aliphatic rings. The van der Waals surface area contributed by atoms with E-state index in [9.17, 15) is 13.2 Å². The number of nitrogens with one attached hydrogen (secondary N) is 1. The van der Waals surface area contributed by atoms with E-state index in [1.54, 1.807) is 11.3 Å². The number of nitrogens with zero attached hydrogens (tertiary/aromatic N) is 1. The minimum Gasteiger partial charge on any atom is -0.379 e. The van der Waals surface area contributed by atoms with Gasteiger partial charge in [0, 0.05) is 18.0 Å². The lowest BCUT2D eigenvalue weighted by molar-refractivity contribution is 0.0730. The van der Waals surface area contributed by atoms with E-state index in [0.29, 0.717) is 32.2 Å². The summed E-state index contributed by atoms with van der Waals surface area (Å²) in [4.78, 5) is 14.4. The maximum Gasteiger partial charge on any atom is 0.253 e. The van der Waals surface area contributed by atoms with Gasteiger partial charge in [-0.1, -0.05) is 30.5 Å². The monoisotopic (exact) mass is 468 g/mol. The molecule has 1 N–H and O–H groups in total. The average Bonchev–Trinajstić information content (AvgIpc) is 3.47. The van der Waals surface area contributed by atoms with Crippen molar-refractivity contribution in [3.05, 3.63) is 51.2 Å². The van der Waals surface area contributed by atoms with Crippen LogP contribution in [0.3, 0.4) is 0 Å². The number of halogens is 1. The fourth-order valence-electron chi connectivity index (χ4n) is 4.17. The number of thiophene rings is 1. The molecule has 1 saturated heterocycles. The van der Waals surface area contributed by atoms with Gasteiger partial charge in [0.25, 0.3) is 5.91 Å². The van der Waals surface area contributed by atoms with Crippen molar-refractivity contribution in [3.63, 3.8) is 0 Å². The van der Waals surface area contributed by atoms with Crippen LogP contribution in [0.5, 0.6) is 0 Å². The topological polar surface area (TPSA) is 75.7 Å². The van der Waals surface area contributed by atoms with Crippen molar-refractivity contribution in [1.82, 2.24) is 9.62 Å². The first-order valence-electron chi connectivity index (χ1n) is 10.2. The second kappa shape index (κ2) is 9.36. The van der Waals surface area contributed by atoms with Gasteiger partial charge in [0.15, 0.2) is 0 Å². The molecule has 0 radical (unpaired) electrons. The van der Waals surface area contributed by atoms with Crippen LogP contribution < -0.4 is 5.32 Å². The number of hydrogen-bond acceptors (Lipinski definition) is 5. The van der Waals surface area contributed by atoms with Gasteiger partial charge in [0.2, 0.25) is 10.0 Å². The predicted octanol–water partition coefficient (Wildman–Crippen LogP) is 4.08. The molecule has 0 spiro atoms. The van der Waals surface area contributed by atoms with Crippen LogP contribution in [0.2, 0.25) is 5.02 Å². The first-order valence-corrected chi connectivity index (χ1v) is 12.9. The Bertz CT molecular complexity index is 982. The fourth-order valence-corrected chi connectivity index (χ4v) is 6.68. The highest BCUT2D eigenvalue weighted by molar-refractivity contribution is 7.89. The van der Waals surface area contributed by atoms with Crippen molar-refractivity contribution in [2.45, 2.75) is 36.6 Å². The molecule has 1 amide bonds. The second-order valence-electron chi connectivity index (χ2n) is 7.67. The number of carbonyl (C=O) groups is 1. The standard InChI is InChI=1S/C21H25ClN2O4S2/c22-18-8-7-16(30(26,27)24-9-11-28-12-10-24)14-17(18)21(25)23-20(15-4-1-2-5-15)19-6-3-13-29-19/h3,6-8,13-15,20H,1-2,4-5,9-12H2,(H,23,25). The van der Waals surface area contributed by atoms with Crippen molar-refractivity contribution in [2.75, 3.05) is 26.3 Å². The van der Waals surface area contributed by atoms with Crippen LogP contribution in [-0.4, -0.2) is 44.9 Å². The Labute approximate surface area is 186 Å². The third-order valence-corrected chi connectivity index (χ3v) is 8.98. The van der Waals surface area contributed by atoms with Crippen LogP contribution in [0.4, 0.5) is 0 Å². The molecule has 1 aliphatic carbocycles. The molecule has 2 fully saturated rings. The van der Waals surface area contributed by atoms with Gasteiger partial charge in [0.1, 0.15) is 0 Å². The Balaban J connectivity index is 1.59. The van der Waals surface area contributed by atoms with Gasteiger partial charge in [-0.2, -0.15) is 4.31 Å². The maximum absolute atomic E-state index is 13.2. The Morgan fingerprint density at radius 1 is 1.20 bits per heavy atom. The number of carbonyl (C=O) groups excluding carboxylic acids is 1. The van der Waals surface area contributed by atoms with Crippen molar-refractivity contribution >= 4 is 38.9 Å². The summed E-state index contributed by atoms with van der Waals surface area (Å²) in [5, 5.41) is 5.38. The molecular weight excluding hydrogens is 444 g/mol. The normalized spacial score (nSPS) is 19.6. The van der Waals surface area contributed by atoms with Crippen molar-refractivity contribution in [2.24, 2.45) is 5.92 Å². The average molecular weight is 469 g/mol. The zero-order chi connectivity index (χ0) is 21.1. The van der Waals surface area contributed by atoms with E-state index in [0.717, 1.165) is 30.6 Å². The Kier molecular flexibility index (Phi) is 6.79. The van der Waals surface area contributed by atoms with Gasteiger partial charge in [-0.15, -0.1) is 11.3 Å². The summed E-state index contributed by atoms with van der Waals surface area (Å²) in [6.07, 6.45) is 4.47. The largest absolute Gasteiger partial charge is 0.379 e. The first-order chi connectivity index (χ1) is 14.5. The van der Waals surface area contributed by atoms with Crippen LogP contribution in [0.1, 0.15) is 47.0 Å². The number of amides is 1. The minimum absolute atomic E-state index is 0.0764. The summed E-state index contributed by atoms with van der Waals surface area (Å²) >= 11 is 7.93. The van der Waals surface area contributed by atoms with Crippen LogP contribution in [0, 0.1) is 5.92 Å². The highest BCUT2D eigenvalue weighted by atomic mass is 35.5. The summed E-state index contributed by atoms with van der Waals surface area (Å²) in [6, 6.07) is 8.26. The first kappa shape index (κ1) is 21.8.